The lowest BCUT2D eigenvalue weighted by Gasteiger charge is -2.28. The summed E-state index contributed by atoms with van der Waals surface area (Å²) < 4.78 is 0. The van der Waals surface area contributed by atoms with Crippen LogP contribution in [-0.4, -0.2) is 153 Å². The van der Waals surface area contributed by atoms with Crippen LogP contribution in [0.15, 0.2) is 35.5 Å². The van der Waals surface area contributed by atoms with Crippen molar-refractivity contribution >= 4 is 70.2 Å². The number of carbonyl (C=O) groups is 9. The van der Waals surface area contributed by atoms with Crippen LogP contribution < -0.4 is 49.1 Å². The van der Waals surface area contributed by atoms with E-state index in [4.69, 9.17) is 17.2 Å². The van der Waals surface area contributed by atoms with Crippen molar-refractivity contribution in [2.45, 2.75) is 114 Å². The standard InChI is InChI=1S/C41H62N12O12/c1-21(2)16-28(50-36(60)26(48-34(58)22(3)42)10-6-14-45-41(43)44)35(59)47-19-32(55)53-15-7-11-31(53)39(63)49-27(12-13-33(56)57)37(61)51-29(38(62)52-30(20-54)40(64)65)17-23-18-46-25-9-5-4-8-24(23)25/h4-5,8-9,18,21-22,26-31,46,54H,6-7,10-17,19-20,42H2,1-3H3,(H,47,59)(H,48,58)(H,49,63)(H,50,60)(H,51,61)(H,52,62)(H,56,57)(H,64,65)(H4,43,44,45)/t22-,26-,27-,28-,29-,30-,31-/m0/s1. The van der Waals surface area contributed by atoms with E-state index in [-0.39, 0.29) is 50.7 Å². The molecule has 16 N–H and O–H groups in total. The lowest BCUT2D eigenvalue weighted by Crippen LogP contribution is -2.58. The second-order valence-corrected chi connectivity index (χ2v) is 16.2. The zero-order valence-electron chi connectivity index (χ0n) is 36.6. The quantitative estimate of drug-likeness (QED) is 0.0249. The number of nitrogens with two attached hydrogens (primary N) is 3. The smallest absolute Gasteiger partial charge is 0.328 e. The maximum atomic E-state index is 13.9. The van der Waals surface area contributed by atoms with E-state index >= 15 is 0 Å². The van der Waals surface area contributed by atoms with E-state index in [9.17, 15) is 58.5 Å². The molecule has 358 valence electrons. The number of para-hydroxylation sites is 1. The summed E-state index contributed by atoms with van der Waals surface area (Å²) in [5.41, 5.74) is 17.7. The topological polar surface area (TPSA) is 396 Å². The van der Waals surface area contributed by atoms with Crippen molar-refractivity contribution in [3.05, 3.63) is 36.0 Å². The van der Waals surface area contributed by atoms with Gasteiger partial charge in [0.05, 0.1) is 19.2 Å². The number of amides is 7. The van der Waals surface area contributed by atoms with Gasteiger partial charge in [0.15, 0.2) is 5.96 Å². The summed E-state index contributed by atoms with van der Waals surface area (Å²) in [5, 5.41) is 44.1. The zero-order chi connectivity index (χ0) is 48.4. The van der Waals surface area contributed by atoms with Crippen LogP contribution in [0.2, 0.25) is 0 Å². The summed E-state index contributed by atoms with van der Waals surface area (Å²) in [6.45, 7) is 3.77. The monoisotopic (exact) mass is 914 g/mol. The molecule has 65 heavy (non-hydrogen) atoms. The van der Waals surface area contributed by atoms with Crippen LogP contribution in [0.25, 0.3) is 10.9 Å². The van der Waals surface area contributed by atoms with Gasteiger partial charge in [0.1, 0.15) is 36.3 Å². The number of rotatable bonds is 26. The minimum atomic E-state index is -1.71. The molecule has 7 atom stereocenters. The van der Waals surface area contributed by atoms with Gasteiger partial charge in [-0.2, -0.15) is 0 Å². The third kappa shape index (κ3) is 16.7. The minimum Gasteiger partial charge on any atom is -0.481 e. The summed E-state index contributed by atoms with van der Waals surface area (Å²) in [4.78, 5) is 125. The van der Waals surface area contributed by atoms with Crippen molar-refractivity contribution in [2.75, 3.05) is 26.2 Å². The van der Waals surface area contributed by atoms with Crippen molar-refractivity contribution in [1.82, 2.24) is 41.8 Å². The molecule has 3 rings (SSSR count). The molecule has 2 heterocycles. The first-order valence-electron chi connectivity index (χ1n) is 21.2. The predicted molar refractivity (Wildman–Crippen MR) is 234 cm³/mol. The Morgan fingerprint density at radius 3 is 2.05 bits per heavy atom. The van der Waals surface area contributed by atoms with E-state index in [0.29, 0.717) is 29.3 Å². The first kappa shape index (κ1) is 52.5. The van der Waals surface area contributed by atoms with Gasteiger partial charge in [-0.05, 0) is 63.0 Å². The predicted octanol–water partition coefficient (Wildman–Crippen LogP) is -3.37. The van der Waals surface area contributed by atoms with Gasteiger partial charge in [-0.1, -0.05) is 32.0 Å². The van der Waals surface area contributed by atoms with Crippen LogP contribution in [0.3, 0.4) is 0 Å². The molecule has 0 unspecified atom stereocenters. The summed E-state index contributed by atoms with van der Waals surface area (Å²) in [5.74, 6) is -8.57. The van der Waals surface area contributed by atoms with E-state index in [0.717, 1.165) is 0 Å². The van der Waals surface area contributed by atoms with Gasteiger partial charge < -0.3 is 74.3 Å². The molecule has 7 amide bonds. The van der Waals surface area contributed by atoms with Crippen LogP contribution in [-0.2, 0) is 49.6 Å². The van der Waals surface area contributed by atoms with E-state index < -0.39 is 122 Å². The Balaban J connectivity index is 1.75. The van der Waals surface area contributed by atoms with E-state index in [1.165, 1.54) is 11.8 Å². The largest absolute Gasteiger partial charge is 0.481 e. The average Bonchev–Trinajstić information content (AvgIpc) is 3.91. The number of carboxylic acid groups (broad SMARTS) is 2. The number of carboxylic acids is 2. The van der Waals surface area contributed by atoms with Crippen molar-refractivity contribution in [1.29, 1.82) is 0 Å². The Kier molecular flexibility index (Phi) is 20.6. The maximum absolute atomic E-state index is 13.9. The molecule has 2 aromatic rings. The SMILES string of the molecule is CC(C)C[C@H](NC(=O)[C@H](CCCN=C(N)N)NC(=O)[C@H](C)N)C(=O)NCC(=O)N1CCC[C@H]1C(=O)N[C@@H](CCC(=O)O)C(=O)N[C@@H](Cc1c[nH]c2ccccc12)C(=O)N[C@@H](CO)C(=O)O. The number of aromatic amines is 1. The lowest BCUT2D eigenvalue weighted by molar-refractivity contribution is -0.143. The molecule has 0 bridgehead atoms. The van der Waals surface area contributed by atoms with Crippen molar-refractivity contribution in [2.24, 2.45) is 28.1 Å². The molecule has 24 heteroatoms. The number of likely N-dealkylation sites (tertiary alicyclic amines) is 1. The fourth-order valence-corrected chi connectivity index (χ4v) is 7.04. The summed E-state index contributed by atoms with van der Waals surface area (Å²) in [6, 6.07) is -2.00. The fraction of sp³-hybridized carbons (Fsp3) is 0.561. The second-order valence-electron chi connectivity index (χ2n) is 16.2. The molecule has 1 aromatic heterocycles. The van der Waals surface area contributed by atoms with Gasteiger partial charge >= 0.3 is 11.9 Å². The number of carbonyl (C=O) groups excluding carboxylic acids is 7. The molecule has 24 nitrogen and oxygen atoms in total. The van der Waals surface area contributed by atoms with Crippen molar-refractivity contribution in [3.8, 4) is 0 Å². The number of nitrogens with one attached hydrogen (secondary N) is 7. The number of nitrogens with zero attached hydrogens (tertiary/aromatic N) is 2. The number of aliphatic carboxylic acids is 2. The fourth-order valence-electron chi connectivity index (χ4n) is 7.04. The Morgan fingerprint density at radius 1 is 0.815 bits per heavy atom. The highest BCUT2D eigenvalue weighted by Crippen LogP contribution is 2.21. The number of fused-ring (bicyclic) bond motifs is 1. The summed E-state index contributed by atoms with van der Waals surface area (Å²) in [6.07, 6.45) is 1.44. The molecule has 0 aliphatic carbocycles. The van der Waals surface area contributed by atoms with Gasteiger partial charge in [0, 0.05) is 43.0 Å². The molecule has 1 aliphatic heterocycles. The first-order valence-corrected chi connectivity index (χ1v) is 21.2. The maximum Gasteiger partial charge on any atom is 0.328 e. The van der Waals surface area contributed by atoms with Crippen LogP contribution in [0.1, 0.15) is 71.3 Å². The Morgan fingerprint density at radius 2 is 1.43 bits per heavy atom. The van der Waals surface area contributed by atoms with Gasteiger partial charge in [-0.15, -0.1) is 0 Å². The molecule has 1 fully saturated rings. The molecule has 1 saturated heterocycles. The third-order valence-electron chi connectivity index (χ3n) is 10.4. The number of aromatic nitrogens is 1. The summed E-state index contributed by atoms with van der Waals surface area (Å²) >= 11 is 0. The average molecular weight is 915 g/mol. The molecule has 0 radical (unpaired) electrons. The van der Waals surface area contributed by atoms with Crippen molar-refractivity contribution < 1.29 is 58.5 Å². The normalized spacial score (nSPS) is 16.2. The third-order valence-corrected chi connectivity index (χ3v) is 10.4. The number of aliphatic hydroxyl groups excluding tert-OH is 1. The number of guanidine groups is 1. The molecule has 1 aliphatic rings. The number of aliphatic hydroxyl groups is 1. The Bertz CT molecular complexity index is 2050. The number of benzene rings is 1. The molecule has 1 aromatic carbocycles. The highest BCUT2D eigenvalue weighted by Gasteiger charge is 2.38. The first-order chi connectivity index (χ1) is 30.7. The van der Waals surface area contributed by atoms with Gasteiger partial charge in [-0.3, -0.25) is 43.3 Å². The van der Waals surface area contributed by atoms with Crippen LogP contribution in [0, 0.1) is 5.92 Å². The van der Waals surface area contributed by atoms with Crippen LogP contribution in [0.4, 0.5) is 0 Å². The molecular weight excluding hydrogens is 853 g/mol. The highest BCUT2D eigenvalue weighted by molar-refractivity contribution is 5.97. The summed E-state index contributed by atoms with van der Waals surface area (Å²) in [7, 11) is 0. The molecule has 0 spiro atoms. The van der Waals surface area contributed by atoms with E-state index in [1.807, 2.05) is 13.8 Å². The Labute approximate surface area is 374 Å². The number of H-pyrrole nitrogens is 1. The number of hydrogen-bond donors (Lipinski definition) is 13. The Hall–Kier alpha value is -6.82. The zero-order valence-corrected chi connectivity index (χ0v) is 36.6. The van der Waals surface area contributed by atoms with Crippen LogP contribution in [0.5, 0.6) is 0 Å². The highest BCUT2D eigenvalue weighted by atomic mass is 16.4. The van der Waals surface area contributed by atoms with Gasteiger partial charge in [-0.25, -0.2) is 4.79 Å². The number of hydrogen-bond acceptors (Lipinski definition) is 12. The van der Waals surface area contributed by atoms with Crippen LogP contribution >= 0.6 is 0 Å². The van der Waals surface area contributed by atoms with E-state index in [1.54, 1.807) is 30.5 Å². The molecule has 0 saturated carbocycles. The van der Waals surface area contributed by atoms with Crippen molar-refractivity contribution in [3.63, 3.8) is 0 Å². The lowest BCUT2D eigenvalue weighted by atomic mass is 10.0. The minimum absolute atomic E-state index is 0.0915. The number of aliphatic imine (C=N–C) groups is 1. The second kappa shape index (κ2) is 25.5. The van der Waals surface area contributed by atoms with Gasteiger partial charge in [0.25, 0.3) is 0 Å². The van der Waals surface area contributed by atoms with E-state index in [2.05, 4.69) is 41.9 Å². The van der Waals surface area contributed by atoms with Gasteiger partial charge in [0.2, 0.25) is 41.4 Å². The molecular formula is C41H62N12O12.